The standard InChI is InChI=1S/C7H12O3/c1-7(2,3)5-4-9-6(8)10-5/h5H,4H2,1-3H3. The summed E-state index contributed by atoms with van der Waals surface area (Å²) in [6, 6.07) is 0. The molecule has 1 fully saturated rings. The van der Waals surface area contributed by atoms with Crippen molar-refractivity contribution in [3.8, 4) is 0 Å². The summed E-state index contributed by atoms with van der Waals surface area (Å²) < 4.78 is 9.50. The summed E-state index contributed by atoms with van der Waals surface area (Å²) in [5, 5.41) is 0. The monoisotopic (exact) mass is 144 g/mol. The Morgan fingerprint density at radius 3 is 2.30 bits per heavy atom. The van der Waals surface area contributed by atoms with Gasteiger partial charge in [-0.1, -0.05) is 20.8 Å². The maximum absolute atomic E-state index is 10.5. The Morgan fingerprint density at radius 1 is 1.50 bits per heavy atom. The molecule has 1 aliphatic heterocycles. The molecule has 3 heteroatoms. The highest BCUT2D eigenvalue weighted by Gasteiger charge is 2.34. The minimum Gasteiger partial charge on any atom is -0.430 e. The number of ether oxygens (including phenoxy) is 2. The van der Waals surface area contributed by atoms with Crippen molar-refractivity contribution in [2.45, 2.75) is 26.9 Å². The van der Waals surface area contributed by atoms with Gasteiger partial charge < -0.3 is 9.47 Å². The molecule has 0 amide bonds. The van der Waals surface area contributed by atoms with Crippen molar-refractivity contribution in [2.24, 2.45) is 5.41 Å². The van der Waals surface area contributed by atoms with E-state index in [4.69, 9.17) is 4.74 Å². The first-order chi connectivity index (χ1) is 4.50. The minimum atomic E-state index is -0.542. The van der Waals surface area contributed by atoms with Gasteiger partial charge in [0.1, 0.15) is 12.7 Å². The summed E-state index contributed by atoms with van der Waals surface area (Å²) in [6.45, 7) is 6.43. The largest absolute Gasteiger partial charge is 0.508 e. The van der Waals surface area contributed by atoms with Crippen molar-refractivity contribution in [1.29, 1.82) is 0 Å². The van der Waals surface area contributed by atoms with Crippen LogP contribution in [0, 0.1) is 5.41 Å². The van der Waals surface area contributed by atoms with Crippen LogP contribution in [0.5, 0.6) is 0 Å². The Bertz CT molecular complexity index is 145. The van der Waals surface area contributed by atoms with E-state index in [1.54, 1.807) is 0 Å². The number of hydrogen-bond acceptors (Lipinski definition) is 3. The molecule has 0 aliphatic carbocycles. The number of carbonyl (C=O) groups excluding carboxylic acids is 1. The molecule has 1 atom stereocenters. The van der Waals surface area contributed by atoms with Gasteiger partial charge in [0.15, 0.2) is 0 Å². The highest BCUT2D eigenvalue weighted by molar-refractivity contribution is 5.61. The minimum absolute atomic E-state index is 0.00778. The van der Waals surface area contributed by atoms with Crippen molar-refractivity contribution in [3.63, 3.8) is 0 Å². The maximum Gasteiger partial charge on any atom is 0.508 e. The zero-order chi connectivity index (χ0) is 7.78. The molecule has 58 valence electrons. The van der Waals surface area contributed by atoms with Gasteiger partial charge in [-0.15, -0.1) is 0 Å². The molecule has 10 heavy (non-hydrogen) atoms. The van der Waals surface area contributed by atoms with Gasteiger partial charge >= 0.3 is 6.16 Å². The van der Waals surface area contributed by atoms with Gasteiger partial charge in [-0.2, -0.15) is 0 Å². The van der Waals surface area contributed by atoms with E-state index in [9.17, 15) is 4.79 Å². The zero-order valence-corrected chi connectivity index (χ0v) is 6.51. The molecular weight excluding hydrogens is 132 g/mol. The first-order valence-corrected chi connectivity index (χ1v) is 3.33. The van der Waals surface area contributed by atoms with Gasteiger partial charge in [0.25, 0.3) is 0 Å². The van der Waals surface area contributed by atoms with Crippen molar-refractivity contribution >= 4 is 6.16 Å². The fourth-order valence-electron chi connectivity index (χ4n) is 0.755. The summed E-state index contributed by atoms with van der Waals surface area (Å²) in [6.07, 6.45) is -0.625. The summed E-state index contributed by atoms with van der Waals surface area (Å²) in [4.78, 5) is 10.5. The Hall–Kier alpha value is -0.730. The lowest BCUT2D eigenvalue weighted by Gasteiger charge is -2.22. The molecule has 0 aromatic carbocycles. The van der Waals surface area contributed by atoms with Gasteiger partial charge in [-0.05, 0) is 0 Å². The van der Waals surface area contributed by atoms with Crippen LogP contribution in [-0.4, -0.2) is 18.9 Å². The van der Waals surface area contributed by atoms with Crippen LogP contribution in [0.25, 0.3) is 0 Å². The first-order valence-electron chi connectivity index (χ1n) is 3.33. The second-order valence-corrected chi connectivity index (χ2v) is 3.53. The van der Waals surface area contributed by atoms with Crippen LogP contribution in [-0.2, 0) is 9.47 Å². The summed E-state index contributed by atoms with van der Waals surface area (Å²) in [5.74, 6) is 0. The van der Waals surface area contributed by atoms with Crippen molar-refractivity contribution in [2.75, 3.05) is 6.61 Å². The van der Waals surface area contributed by atoms with Gasteiger partial charge in [-0.25, -0.2) is 4.79 Å². The molecule has 1 aliphatic rings. The van der Waals surface area contributed by atoms with Crippen LogP contribution in [0.1, 0.15) is 20.8 Å². The molecule has 0 spiro atoms. The summed E-state index contributed by atoms with van der Waals surface area (Å²) in [7, 11) is 0. The Balaban J connectivity index is 2.53. The van der Waals surface area contributed by atoms with Crippen LogP contribution in [0.2, 0.25) is 0 Å². The summed E-state index contributed by atoms with van der Waals surface area (Å²) >= 11 is 0. The summed E-state index contributed by atoms with van der Waals surface area (Å²) in [5.41, 5.74) is -0.00778. The van der Waals surface area contributed by atoms with E-state index >= 15 is 0 Å². The Morgan fingerprint density at radius 2 is 2.10 bits per heavy atom. The molecule has 0 saturated carbocycles. The van der Waals surface area contributed by atoms with Gasteiger partial charge in [0.2, 0.25) is 0 Å². The lowest BCUT2D eigenvalue weighted by molar-refractivity contribution is 0.0716. The van der Waals surface area contributed by atoms with Crippen LogP contribution in [0.3, 0.4) is 0 Å². The second kappa shape index (κ2) is 2.15. The van der Waals surface area contributed by atoms with E-state index < -0.39 is 6.16 Å². The molecule has 1 rings (SSSR count). The predicted octanol–water partition coefficient (Wildman–Crippen LogP) is 1.57. The molecule has 1 heterocycles. The Labute approximate surface area is 60.3 Å². The number of carbonyl (C=O) groups is 1. The number of rotatable bonds is 0. The van der Waals surface area contributed by atoms with Gasteiger partial charge in [0.05, 0.1) is 0 Å². The molecule has 0 aromatic rings. The van der Waals surface area contributed by atoms with E-state index in [-0.39, 0.29) is 11.5 Å². The van der Waals surface area contributed by atoms with Crippen LogP contribution in [0.15, 0.2) is 0 Å². The second-order valence-electron chi connectivity index (χ2n) is 3.53. The van der Waals surface area contributed by atoms with E-state index in [0.29, 0.717) is 6.61 Å². The fraction of sp³-hybridized carbons (Fsp3) is 0.857. The maximum atomic E-state index is 10.5. The van der Waals surface area contributed by atoms with Gasteiger partial charge in [0, 0.05) is 5.41 Å². The fourth-order valence-corrected chi connectivity index (χ4v) is 0.755. The van der Waals surface area contributed by atoms with Crippen LogP contribution in [0.4, 0.5) is 4.79 Å². The molecule has 0 radical (unpaired) electrons. The van der Waals surface area contributed by atoms with Crippen molar-refractivity contribution in [1.82, 2.24) is 0 Å². The lowest BCUT2D eigenvalue weighted by Crippen LogP contribution is -2.28. The van der Waals surface area contributed by atoms with Crippen LogP contribution >= 0.6 is 0 Å². The molecular formula is C7H12O3. The SMILES string of the molecule is CC(C)(C)C1COC(=O)O1. The topological polar surface area (TPSA) is 35.5 Å². The van der Waals surface area contributed by atoms with E-state index in [1.807, 2.05) is 20.8 Å². The number of cyclic esters (lactones) is 2. The quantitative estimate of drug-likeness (QED) is 0.484. The molecule has 1 saturated heterocycles. The van der Waals surface area contributed by atoms with Crippen LogP contribution < -0.4 is 0 Å². The normalized spacial score (nSPS) is 25.9. The smallest absolute Gasteiger partial charge is 0.430 e. The molecule has 0 N–H and O–H groups in total. The first kappa shape index (κ1) is 7.38. The molecule has 0 aromatic heterocycles. The highest BCUT2D eigenvalue weighted by Crippen LogP contribution is 2.26. The molecule has 0 bridgehead atoms. The third kappa shape index (κ3) is 1.40. The average Bonchev–Trinajstić information content (AvgIpc) is 2.11. The predicted molar refractivity (Wildman–Crippen MR) is 35.7 cm³/mol. The van der Waals surface area contributed by atoms with E-state index in [2.05, 4.69) is 4.74 Å². The third-order valence-corrected chi connectivity index (χ3v) is 1.56. The zero-order valence-electron chi connectivity index (χ0n) is 6.51. The lowest BCUT2D eigenvalue weighted by atomic mass is 9.90. The Kier molecular flexibility index (Phi) is 1.58. The van der Waals surface area contributed by atoms with Crippen molar-refractivity contribution in [3.05, 3.63) is 0 Å². The van der Waals surface area contributed by atoms with Crippen molar-refractivity contribution < 1.29 is 14.3 Å². The van der Waals surface area contributed by atoms with E-state index in [1.165, 1.54) is 0 Å². The molecule has 1 unspecified atom stereocenters. The van der Waals surface area contributed by atoms with Gasteiger partial charge in [-0.3, -0.25) is 0 Å². The highest BCUT2D eigenvalue weighted by atomic mass is 16.8. The molecule has 3 nitrogen and oxygen atoms in total. The number of hydrogen-bond donors (Lipinski definition) is 0. The average molecular weight is 144 g/mol. The third-order valence-electron chi connectivity index (χ3n) is 1.56. The van der Waals surface area contributed by atoms with E-state index in [0.717, 1.165) is 0 Å².